The van der Waals surface area contributed by atoms with Crippen molar-refractivity contribution in [3.05, 3.63) is 70.3 Å². The number of carbonyl (C=O) groups excluding carboxylic acids is 1. The van der Waals surface area contributed by atoms with Crippen LogP contribution >= 0.6 is 15.9 Å². The zero-order chi connectivity index (χ0) is 18.4. The standard InChI is InChI=1S/C19H17BrN4O2/c1-2-26-18-6-4-3-5-14(18)12-21-24-19(25)17-11-16(22-23-17)13-7-9-15(20)10-8-13/h3-12H,2H2,1H3,(H,22,23)(H,24,25)/b21-12-. The number of hydrazone groups is 1. The molecule has 0 aliphatic heterocycles. The quantitative estimate of drug-likeness (QED) is 0.474. The van der Waals surface area contributed by atoms with E-state index in [9.17, 15) is 4.79 Å². The van der Waals surface area contributed by atoms with Gasteiger partial charge >= 0.3 is 0 Å². The molecule has 7 heteroatoms. The lowest BCUT2D eigenvalue weighted by atomic mass is 10.1. The van der Waals surface area contributed by atoms with Crippen molar-refractivity contribution < 1.29 is 9.53 Å². The number of aromatic amines is 1. The highest BCUT2D eigenvalue weighted by Crippen LogP contribution is 2.20. The normalized spacial score (nSPS) is 10.8. The molecule has 1 amide bonds. The number of rotatable bonds is 6. The SMILES string of the molecule is CCOc1ccccc1/C=N\NC(=O)c1cc(-c2ccc(Br)cc2)n[nH]1. The van der Waals surface area contributed by atoms with Gasteiger partial charge in [0.1, 0.15) is 11.4 Å². The first-order valence-corrected chi connectivity index (χ1v) is 8.83. The molecule has 0 aliphatic carbocycles. The van der Waals surface area contributed by atoms with Gasteiger partial charge in [-0.1, -0.05) is 40.2 Å². The van der Waals surface area contributed by atoms with Gasteiger partial charge in [0.05, 0.1) is 18.5 Å². The highest BCUT2D eigenvalue weighted by molar-refractivity contribution is 9.10. The molecule has 2 N–H and O–H groups in total. The summed E-state index contributed by atoms with van der Waals surface area (Å²) >= 11 is 3.39. The number of hydrogen-bond acceptors (Lipinski definition) is 4. The lowest BCUT2D eigenvalue weighted by molar-refractivity contribution is 0.0950. The second kappa shape index (κ2) is 8.44. The van der Waals surface area contributed by atoms with E-state index < -0.39 is 0 Å². The molecule has 1 aromatic heterocycles. The van der Waals surface area contributed by atoms with Crippen LogP contribution in [-0.2, 0) is 0 Å². The Labute approximate surface area is 159 Å². The van der Waals surface area contributed by atoms with Gasteiger partial charge in [0.15, 0.2) is 0 Å². The van der Waals surface area contributed by atoms with Gasteiger partial charge in [-0.25, -0.2) is 5.43 Å². The molecule has 0 saturated heterocycles. The summed E-state index contributed by atoms with van der Waals surface area (Å²) in [7, 11) is 0. The van der Waals surface area contributed by atoms with E-state index in [1.54, 1.807) is 12.3 Å². The summed E-state index contributed by atoms with van der Waals surface area (Å²) in [6.07, 6.45) is 1.55. The Morgan fingerprint density at radius 1 is 1.27 bits per heavy atom. The first kappa shape index (κ1) is 17.9. The van der Waals surface area contributed by atoms with Gasteiger partial charge in [-0.2, -0.15) is 10.2 Å². The topological polar surface area (TPSA) is 79.4 Å². The van der Waals surface area contributed by atoms with E-state index in [0.717, 1.165) is 15.6 Å². The molecule has 0 spiro atoms. The Kier molecular flexibility index (Phi) is 5.80. The van der Waals surface area contributed by atoms with Crippen molar-refractivity contribution in [3.8, 4) is 17.0 Å². The Morgan fingerprint density at radius 2 is 2.04 bits per heavy atom. The number of aromatic nitrogens is 2. The van der Waals surface area contributed by atoms with Crippen molar-refractivity contribution in [2.75, 3.05) is 6.61 Å². The van der Waals surface area contributed by atoms with Crippen LogP contribution in [-0.4, -0.2) is 28.9 Å². The van der Waals surface area contributed by atoms with E-state index in [1.807, 2.05) is 55.5 Å². The second-order valence-electron chi connectivity index (χ2n) is 5.34. The smallest absolute Gasteiger partial charge is 0.289 e. The van der Waals surface area contributed by atoms with E-state index in [2.05, 4.69) is 36.7 Å². The van der Waals surface area contributed by atoms with Crippen molar-refractivity contribution in [2.45, 2.75) is 6.92 Å². The van der Waals surface area contributed by atoms with E-state index in [0.29, 0.717) is 23.7 Å². The number of H-pyrrole nitrogens is 1. The maximum Gasteiger partial charge on any atom is 0.289 e. The van der Waals surface area contributed by atoms with Gasteiger partial charge in [-0.3, -0.25) is 9.89 Å². The van der Waals surface area contributed by atoms with Gasteiger partial charge in [-0.15, -0.1) is 0 Å². The zero-order valence-electron chi connectivity index (χ0n) is 14.1. The number of ether oxygens (including phenoxy) is 1. The third-order valence-corrected chi connectivity index (χ3v) is 4.08. The summed E-state index contributed by atoms with van der Waals surface area (Å²) < 4.78 is 6.50. The van der Waals surface area contributed by atoms with E-state index in [1.165, 1.54) is 0 Å². The van der Waals surface area contributed by atoms with Crippen molar-refractivity contribution in [2.24, 2.45) is 5.10 Å². The molecule has 6 nitrogen and oxygen atoms in total. The summed E-state index contributed by atoms with van der Waals surface area (Å²) in [6.45, 7) is 2.47. The predicted octanol–water partition coefficient (Wildman–Crippen LogP) is 4.00. The van der Waals surface area contributed by atoms with Crippen LogP contribution < -0.4 is 10.2 Å². The predicted molar refractivity (Wildman–Crippen MR) is 104 cm³/mol. The average molecular weight is 413 g/mol. The molecular formula is C19H17BrN4O2. The summed E-state index contributed by atoms with van der Waals surface area (Å²) in [5.74, 6) is 0.345. The first-order chi connectivity index (χ1) is 12.7. The third kappa shape index (κ3) is 4.37. The average Bonchev–Trinajstić information content (AvgIpc) is 3.14. The molecule has 26 heavy (non-hydrogen) atoms. The second-order valence-corrected chi connectivity index (χ2v) is 6.26. The number of carbonyl (C=O) groups is 1. The van der Waals surface area contributed by atoms with E-state index in [-0.39, 0.29) is 5.91 Å². The molecule has 0 saturated carbocycles. The minimum Gasteiger partial charge on any atom is -0.493 e. The number of hydrogen-bond donors (Lipinski definition) is 2. The highest BCUT2D eigenvalue weighted by Gasteiger charge is 2.10. The minimum atomic E-state index is -0.369. The highest BCUT2D eigenvalue weighted by atomic mass is 79.9. The van der Waals surface area contributed by atoms with Crippen LogP contribution in [0.2, 0.25) is 0 Å². The Bertz CT molecular complexity index is 919. The first-order valence-electron chi connectivity index (χ1n) is 8.04. The largest absolute Gasteiger partial charge is 0.493 e. The van der Waals surface area contributed by atoms with Gasteiger partial charge < -0.3 is 4.74 Å². The molecule has 0 unspecified atom stereocenters. The summed E-state index contributed by atoms with van der Waals surface area (Å²) in [4.78, 5) is 12.2. The maximum atomic E-state index is 12.2. The Balaban J connectivity index is 1.67. The van der Waals surface area contributed by atoms with Crippen molar-refractivity contribution in [1.82, 2.24) is 15.6 Å². The molecule has 1 heterocycles. The molecule has 0 aliphatic rings. The number of benzene rings is 2. The molecule has 3 aromatic rings. The number of nitrogens with one attached hydrogen (secondary N) is 2. The fourth-order valence-corrected chi connectivity index (χ4v) is 2.57. The minimum absolute atomic E-state index is 0.332. The van der Waals surface area contributed by atoms with Crippen LogP contribution in [0.3, 0.4) is 0 Å². The van der Waals surface area contributed by atoms with Gasteiger partial charge in [-0.05, 0) is 37.3 Å². The van der Waals surface area contributed by atoms with Crippen molar-refractivity contribution in [3.63, 3.8) is 0 Å². The summed E-state index contributed by atoms with van der Waals surface area (Å²) in [5.41, 5.74) is 5.21. The third-order valence-electron chi connectivity index (χ3n) is 3.55. The number of nitrogens with zero attached hydrogens (tertiary/aromatic N) is 2. The van der Waals surface area contributed by atoms with E-state index in [4.69, 9.17) is 4.74 Å². The zero-order valence-corrected chi connectivity index (χ0v) is 15.7. The fraction of sp³-hybridized carbons (Fsp3) is 0.105. The molecule has 3 rings (SSSR count). The van der Waals surface area contributed by atoms with Crippen LogP contribution in [0.15, 0.2) is 64.2 Å². The monoisotopic (exact) mass is 412 g/mol. The van der Waals surface area contributed by atoms with E-state index >= 15 is 0 Å². The Hall–Kier alpha value is -2.93. The van der Waals surface area contributed by atoms with Crippen molar-refractivity contribution in [1.29, 1.82) is 0 Å². The molecular weight excluding hydrogens is 396 g/mol. The number of halogens is 1. The van der Waals surface area contributed by atoms with Gasteiger partial charge in [0, 0.05) is 15.6 Å². The van der Waals surface area contributed by atoms with Crippen molar-refractivity contribution >= 4 is 28.1 Å². The molecule has 0 fully saturated rings. The molecule has 132 valence electrons. The van der Waals surface area contributed by atoms with Crippen LogP contribution in [0.25, 0.3) is 11.3 Å². The van der Waals surface area contributed by atoms with Crippen LogP contribution in [0.1, 0.15) is 23.0 Å². The summed E-state index contributed by atoms with van der Waals surface area (Å²) in [5, 5.41) is 10.9. The van der Waals surface area contributed by atoms with Gasteiger partial charge in [0.2, 0.25) is 0 Å². The molecule has 0 atom stereocenters. The van der Waals surface area contributed by atoms with Crippen LogP contribution in [0, 0.1) is 0 Å². The van der Waals surface area contributed by atoms with Gasteiger partial charge in [0.25, 0.3) is 5.91 Å². The molecule has 0 radical (unpaired) electrons. The lowest BCUT2D eigenvalue weighted by Gasteiger charge is -2.05. The lowest BCUT2D eigenvalue weighted by Crippen LogP contribution is -2.18. The fourth-order valence-electron chi connectivity index (χ4n) is 2.30. The Morgan fingerprint density at radius 3 is 2.81 bits per heavy atom. The summed E-state index contributed by atoms with van der Waals surface area (Å²) in [6, 6.07) is 16.8. The van der Waals surface area contributed by atoms with Crippen LogP contribution in [0.4, 0.5) is 0 Å². The maximum absolute atomic E-state index is 12.2. The molecule has 0 bridgehead atoms. The van der Waals surface area contributed by atoms with Crippen LogP contribution in [0.5, 0.6) is 5.75 Å². The molecule has 2 aromatic carbocycles. The number of para-hydroxylation sites is 1. The number of amides is 1.